The highest BCUT2D eigenvalue weighted by molar-refractivity contribution is 6.34. The molecule has 0 saturated carbocycles. The summed E-state index contributed by atoms with van der Waals surface area (Å²) in [6.45, 7) is 6.93. The molecule has 0 aliphatic heterocycles. The monoisotopic (exact) mass is 299 g/mol. The molecule has 0 heterocycles. The van der Waals surface area contributed by atoms with E-state index < -0.39 is 0 Å². The molecule has 3 nitrogen and oxygen atoms in total. The highest BCUT2D eigenvalue weighted by Gasteiger charge is 2.35. The van der Waals surface area contributed by atoms with E-state index in [-0.39, 0.29) is 17.6 Å². The van der Waals surface area contributed by atoms with Gasteiger partial charge < -0.3 is 5.32 Å². The molecule has 22 heavy (non-hydrogen) atoms. The molecule has 1 aromatic carbocycles. The Morgan fingerprint density at radius 3 is 2.32 bits per heavy atom. The molecule has 1 aromatic rings. The molecule has 0 spiro atoms. The highest BCUT2D eigenvalue weighted by atomic mass is 16.2. The van der Waals surface area contributed by atoms with Crippen LogP contribution in [0.15, 0.2) is 29.8 Å². The Kier molecular flexibility index (Phi) is 5.53. The van der Waals surface area contributed by atoms with Crippen LogP contribution in [-0.4, -0.2) is 18.2 Å². The van der Waals surface area contributed by atoms with Gasteiger partial charge in [0.05, 0.1) is 5.57 Å². The summed E-state index contributed by atoms with van der Waals surface area (Å²) >= 11 is 0. The van der Waals surface area contributed by atoms with Crippen molar-refractivity contribution in [2.24, 2.45) is 5.92 Å². The summed E-state index contributed by atoms with van der Waals surface area (Å²) in [4.78, 5) is 25.3. The minimum absolute atomic E-state index is 0.119. The quantitative estimate of drug-likeness (QED) is 0.611. The second-order valence-corrected chi connectivity index (χ2v) is 5.79. The third-order valence-electron chi connectivity index (χ3n) is 4.40. The van der Waals surface area contributed by atoms with Crippen LogP contribution >= 0.6 is 0 Å². The van der Waals surface area contributed by atoms with E-state index in [9.17, 15) is 9.59 Å². The Labute approximate surface area is 132 Å². The number of rotatable bonds is 7. The van der Waals surface area contributed by atoms with Gasteiger partial charge in [0, 0.05) is 12.1 Å². The van der Waals surface area contributed by atoms with Crippen LogP contribution in [0.3, 0.4) is 0 Å². The molecule has 0 aromatic heterocycles. The van der Waals surface area contributed by atoms with Crippen molar-refractivity contribution in [3.63, 3.8) is 0 Å². The fourth-order valence-corrected chi connectivity index (χ4v) is 3.12. The van der Waals surface area contributed by atoms with Crippen LogP contribution < -0.4 is 5.32 Å². The highest BCUT2D eigenvalue weighted by Crippen LogP contribution is 2.40. The molecule has 1 aliphatic rings. The van der Waals surface area contributed by atoms with Crippen LogP contribution in [0.4, 0.5) is 0 Å². The fraction of sp³-hybridized carbons (Fsp3) is 0.474. The molecule has 1 N–H and O–H groups in total. The first-order valence-electron chi connectivity index (χ1n) is 8.32. The van der Waals surface area contributed by atoms with Crippen LogP contribution in [0.1, 0.15) is 62.4 Å². The minimum Gasteiger partial charge on any atom is -0.352 e. The molecule has 3 heteroatoms. The van der Waals surface area contributed by atoms with E-state index in [0.717, 1.165) is 36.8 Å². The van der Waals surface area contributed by atoms with Crippen molar-refractivity contribution in [1.29, 1.82) is 0 Å². The van der Waals surface area contributed by atoms with Gasteiger partial charge in [-0.05, 0) is 36.3 Å². The van der Waals surface area contributed by atoms with Gasteiger partial charge in [-0.25, -0.2) is 0 Å². The first-order valence-corrected chi connectivity index (χ1v) is 8.32. The summed E-state index contributed by atoms with van der Waals surface area (Å²) < 4.78 is 0. The number of unbranched alkanes of at least 4 members (excludes halogenated alkanes) is 1. The van der Waals surface area contributed by atoms with Gasteiger partial charge in [0.1, 0.15) is 0 Å². The molecular formula is C19H25NO2. The van der Waals surface area contributed by atoms with Gasteiger partial charge in [-0.2, -0.15) is 0 Å². The number of ketones is 1. The van der Waals surface area contributed by atoms with E-state index in [4.69, 9.17) is 0 Å². The maximum Gasteiger partial charge on any atom is 0.255 e. The molecule has 0 saturated heterocycles. The predicted octanol–water partition coefficient (Wildman–Crippen LogP) is 3.99. The van der Waals surface area contributed by atoms with Gasteiger partial charge in [-0.15, -0.1) is 0 Å². The summed E-state index contributed by atoms with van der Waals surface area (Å²) in [6, 6.07) is 7.59. The standard InChI is InChI=1S/C19H25NO2/c1-4-7-12-20-19(22)17-16(13(5-2)6-3)14-10-8-9-11-15(14)18(17)21/h8-11,13H,4-7,12H2,1-3H3,(H,20,22). The number of fused-ring (bicyclic) bond motifs is 1. The second kappa shape index (κ2) is 7.39. The van der Waals surface area contributed by atoms with Crippen molar-refractivity contribution in [2.75, 3.05) is 6.54 Å². The zero-order valence-electron chi connectivity index (χ0n) is 13.7. The zero-order chi connectivity index (χ0) is 16.1. The maximum absolute atomic E-state index is 12.7. The van der Waals surface area contributed by atoms with Crippen molar-refractivity contribution in [2.45, 2.75) is 46.5 Å². The van der Waals surface area contributed by atoms with E-state index in [1.807, 2.05) is 24.3 Å². The van der Waals surface area contributed by atoms with Crippen LogP contribution in [0.2, 0.25) is 0 Å². The Morgan fingerprint density at radius 2 is 1.73 bits per heavy atom. The number of carbonyl (C=O) groups excluding carboxylic acids is 2. The number of carbonyl (C=O) groups is 2. The summed E-state index contributed by atoms with van der Waals surface area (Å²) in [6.07, 6.45) is 3.81. The maximum atomic E-state index is 12.7. The molecule has 2 rings (SSSR count). The summed E-state index contributed by atoms with van der Waals surface area (Å²) in [5, 5.41) is 2.91. The lowest BCUT2D eigenvalue weighted by Crippen LogP contribution is -2.29. The van der Waals surface area contributed by atoms with E-state index in [1.54, 1.807) is 0 Å². The first-order chi connectivity index (χ1) is 10.7. The van der Waals surface area contributed by atoms with E-state index >= 15 is 0 Å². The van der Waals surface area contributed by atoms with Crippen LogP contribution in [-0.2, 0) is 4.79 Å². The van der Waals surface area contributed by atoms with E-state index in [2.05, 4.69) is 26.1 Å². The number of benzene rings is 1. The first kappa shape index (κ1) is 16.5. The van der Waals surface area contributed by atoms with Crippen LogP contribution in [0.25, 0.3) is 5.57 Å². The third-order valence-corrected chi connectivity index (χ3v) is 4.40. The average Bonchev–Trinajstić information content (AvgIpc) is 2.83. The van der Waals surface area contributed by atoms with Crippen molar-refractivity contribution in [3.05, 3.63) is 41.0 Å². The molecule has 0 bridgehead atoms. The molecule has 0 radical (unpaired) electrons. The smallest absolute Gasteiger partial charge is 0.255 e. The van der Waals surface area contributed by atoms with Gasteiger partial charge in [0.25, 0.3) is 5.91 Å². The molecule has 118 valence electrons. The van der Waals surface area contributed by atoms with Gasteiger partial charge in [0.2, 0.25) is 0 Å². The van der Waals surface area contributed by atoms with Crippen molar-refractivity contribution >= 4 is 17.3 Å². The molecule has 1 aliphatic carbocycles. The third kappa shape index (κ3) is 2.99. The number of hydrogen-bond donors (Lipinski definition) is 1. The van der Waals surface area contributed by atoms with Crippen molar-refractivity contribution in [1.82, 2.24) is 5.32 Å². The topological polar surface area (TPSA) is 46.2 Å². The van der Waals surface area contributed by atoms with Crippen molar-refractivity contribution in [3.8, 4) is 0 Å². The molecule has 1 amide bonds. The van der Waals surface area contributed by atoms with Crippen molar-refractivity contribution < 1.29 is 9.59 Å². The number of allylic oxidation sites excluding steroid dienone is 1. The number of Topliss-reactive ketones (excluding diaryl/α,β-unsaturated/α-hetero) is 1. The molecule has 0 atom stereocenters. The minimum atomic E-state index is -0.212. The number of amides is 1. The van der Waals surface area contributed by atoms with E-state index in [1.165, 1.54) is 0 Å². The normalized spacial score (nSPS) is 13.7. The Morgan fingerprint density at radius 1 is 1.09 bits per heavy atom. The molecule has 0 unspecified atom stereocenters. The molecular weight excluding hydrogens is 274 g/mol. The van der Waals surface area contributed by atoms with E-state index in [0.29, 0.717) is 17.7 Å². The lowest BCUT2D eigenvalue weighted by atomic mass is 9.88. The molecule has 0 fully saturated rings. The second-order valence-electron chi connectivity index (χ2n) is 5.79. The lowest BCUT2D eigenvalue weighted by Gasteiger charge is -2.17. The Hall–Kier alpha value is -1.90. The van der Waals surface area contributed by atoms with Crippen LogP contribution in [0, 0.1) is 5.92 Å². The summed E-state index contributed by atoms with van der Waals surface area (Å²) in [7, 11) is 0. The summed E-state index contributed by atoms with van der Waals surface area (Å²) in [5.41, 5.74) is 2.93. The zero-order valence-corrected chi connectivity index (χ0v) is 13.7. The predicted molar refractivity (Wildman–Crippen MR) is 89.7 cm³/mol. The fourth-order valence-electron chi connectivity index (χ4n) is 3.12. The average molecular weight is 299 g/mol. The van der Waals surface area contributed by atoms with Gasteiger partial charge in [-0.1, -0.05) is 51.5 Å². The Balaban J connectivity index is 2.43. The number of nitrogens with one attached hydrogen (secondary N) is 1. The van der Waals surface area contributed by atoms with Gasteiger partial charge >= 0.3 is 0 Å². The largest absolute Gasteiger partial charge is 0.352 e. The van der Waals surface area contributed by atoms with Gasteiger partial charge in [-0.3, -0.25) is 9.59 Å². The summed E-state index contributed by atoms with van der Waals surface area (Å²) in [5.74, 6) is -0.0810. The van der Waals surface area contributed by atoms with Gasteiger partial charge in [0.15, 0.2) is 5.78 Å². The lowest BCUT2D eigenvalue weighted by molar-refractivity contribution is -0.117. The van der Waals surface area contributed by atoms with Crippen LogP contribution in [0.5, 0.6) is 0 Å². The SMILES string of the molecule is CCCCNC(=O)C1=C(C(CC)CC)c2ccccc2C1=O. The number of hydrogen-bond acceptors (Lipinski definition) is 2. The Bertz CT molecular complexity index is 597.